The zero-order chi connectivity index (χ0) is 28.1. The van der Waals surface area contributed by atoms with Crippen molar-refractivity contribution in [3.63, 3.8) is 0 Å². The minimum atomic E-state index is -0.472. The number of hydrogen-bond acceptors (Lipinski definition) is 0. The lowest BCUT2D eigenvalue weighted by molar-refractivity contribution is -0.436. The second kappa shape index (κ2) is 10.6. The largest absolute Gasteiger partial charge is 0.212 e. The third-order valence-electron chi connectivity index (χ3n) is 8.01. The SMILES string of the molecule is CC(C)c1cccc(C(C)C)c1[N+]1=CP(c2c(C(C)(C)C)cc(C(C)(C)C)cc2C(C)(C)C)[C@@H](C)CC1. The van der Waals surface area contributed by atoms with Crippen LogP contribution in [-0.2, 0) is 16.2 Å². The summed E-state index contributed by atoms with van der Waals surface area (Å²) in [7, 11) is -0.472. The minimum Gasteiger partial charge on any atom is -0.198 e. The topological polar surface area (TPSA) is 3.01 Å². The molecule has 2 aromatic carbocycles. The lowest BCUT2D eigenvalue weighted by Gasteiger charge is -2.37. The summed E-state index contributed by atoms with van der Waals surface area (Å²) in [6, 6.07) is 12.1. The van der Waals surface area contributed by atoms with Gasteiger partial charge in [0.15, 0.2) is 5.96 Å². The number of hydrogen-bond donors (Lipinski definition) is 0. The third kappa shape index (κ3) is 6.41. The summed E-state index contributed by atoms with van der Waals surface area (Å²) in [5.41, 5.74) is 10.0. The smallest absolute Gasteiger partial charge is 0.198 e. The van der Waals surface area contributed by atoms with E-state index < -0.39 is 7.92 Å². The highest BCUT2D eigenvalue weighted by Gasteiger charge is 2.38. The summed E-state index contributed by atoms with van der Waals surface area (Å²) in [6.45, 7) is 34.6. The molecule has 0 fully saturated rings. The van der Waals surface area contributed by atoms with Crippen LogP contribution < -0.4 is 5.30 Å². The van der Waals surface area contributed by atoms with Crippen molar-refractivity contribution < 1.29 is 4.58 Å². The lowest BCUT2D eigenvalue weighted by Crippen LogP contribution is -2.36. The molecular weight excluding hydrogens is 465 g/mol. The molecule has 1 heterocycles. The van der Waals surface area contributed by atoms with Crippen LogP contribution in [0.2, 0.25) is 0 Å². The van der Waals surface area contributed by atoms with E-state index in [9.17, 15) is 0 Å². The van der Waals surface area contributed by atoms with E-state index in [1.54, 1.807) is 16.4 Å². The van der Waals surface area contributed by atoms with Gasteiger partial charge in [0.25, 0.3) is 0 Å². The van der Waals surface area contributed by atoms with Crippen LogP contribution in [0.4, 0.5) is 5.69 Å². The second-order valence-corrected chi connectivity index (χ2v) is 17.5. The Labute approximate surface area is 230 Å². The standard InChI is InChI=1S/C35H55NP/c1-23(2)27-16-15-17-28(24(3)4)31(27)36-19-18-25(5)37(22-36)32-29(34(9,10)11)20-26(33(6,7)8)21-30(32)35(12,13)14/h15-17,20-25H,18-19H2,1-14H3/q+1/t25-,37?/m0/s1. The van der Waals surface area contributed by atoms with Crippen LogP contribution in [-0.4, -0.2) is 22.7 Å². The predicted octanol–water partition coefficient (Wildman–Crippen LogP) is 10.1. The van der Waals surface area contributed by atoms with Crippen molar-refractivity contribution >= 4 is 24.9 Å². The van der Waals surface area contributed by atoms with E-state index in [0.29, 0.717) is 17.5 Å². The fraction of sp³-hybridized carbons (Fsp3) is 0.629. The second-order valence-electron chi connectivity index (χ2n) is 15.1. The third-order valence-corrected chi connectivity index (χ3v) is 10.7. The highest BCUT2D eigenvalue weighted by molar-refractivity contribution is 7.80. The van der Waals surface area contributed by atoms with Gasteiger partial charge in [0.2, 0.25) is 5.69 Å². The molecule has 0 amide bonds. The van der Waals surface area contributed by atoms with Crippen LogP contribution in [0.3, 0.4) is 0 Å². The van der Waals surface area contributed by atoms with E-state index >= 15 is 0 Å². The Bertz CT molecular complexity index is 1080. The molecule has 2 heteroatoms. The van der Waals surface area contributed by atoms with E-state index in [-0.39, 0.29) is 16.2 Å². The first-order chi connectivity index (χ1) is 16.8. The van der Waals surface area contributed by atoms with Gasteiger partial charge in [-0.15, -0.1) is 0 Å². The van der Waals surface area contributed by atoms with Crippen LogP contribution >= 0.6 is 7.92 Å². The molecule has 2 aromatic rings. The van der Waals surface area contributed by atoms with Gasteiger partial charge in [-0.2, -0.15) is 4.58 Å². The van der Waals surface area contributed by atoms with Gasteiger partial charge in [0, 0.05) is 25.5 Å². The van der Waals surface area contributed by atoms with Crippen molar-refractivity contribution in [2.75, 3.05) is 6.54 Å². The van der Waals surface area contributed by atoms with Crippen LogP contribution in [0.25, 0.3) is 0 Å². The van der Waals surface area contributed by atoms with E-state index in [1.165, 1.54) is 28.8 Å². The van der Waals surface area contributed by atoms with Gasteiger partial charge >= 0.3 is 0 Å². The van der Waals surface area contributed by atoms with Gasteiger partial charge in [-0.25, -0.2) is 0 Å². The Morgan fingerprint density at radius 2 is 1.22 bits per heavy atom. The maximum absolute atomic E-state index is 2.69. The average Bonchev–Trinajstić information content (AvgIpc) is 2.76. The minimum absolute atomic E-state index is 0.0910. The Hall–Kier alpha value is -1.46. The fourth-order valence-electron chi connectivity index (χ4n) is 5.57. The Morgan fingerprint density at radius 1 is 0.757 bits per heavy atom. The Kier molecular flexibility index (Phi) is 8.62. The molecule has 1 aliphatic rings. The number of rotatable bonds is 4. The van der Waals surface area contributed by atoms with Crippen molar-refractivity contribution in [3.05, 3.63) is 58.1 Å². The van der Waals surface area contributed by atoms with Crippen molar-refractivity contribution in [3.8, 4) is 0 Å². The fourth-order valence-corrected chi connectivity index (χ4v) is 8.63. The first-order valence-electron chi connectivity index (χ1n) is 14.6. The summed E-state index contributed by atoms with van der Waals surface area (Å²) in [5.74, 6) is 3.70. The normalized spacial score (nSPS) is 19.5. The van der Waals surface area contributed by atoms with Crippen molar-refractivity contribution in [2.45, 2.75) is 137 Å². The Morgan fingerprint density at radius 3 is 1.59 bits per heavy atom. The van der Waals surface area contributed by atoms with Gasteiger partial charge in [-0.05, 0) is 55.7 Å². The van der Waals surface area contributed by atoms with Gasteiger partial charge < -0.3 is 0 Å². The van der Waals surface area contributed by atoms with Crippen molar-refractivity contribution in [2.24, 2.45) is 0 Å². The van der Waals surface area contributed by atoms with Crippen LogP contribution in [0.15, 0.2) is 30.3 Å². The van der Waals surface area contributed by atoms with E-state index in [0.717, 1.165) is 6.54 Å². The summed E-state index contributed by atoms with van der Waals surface area (Å²) < 4.78 is 2.67. The molecule has 0 saturated carbocycles. The molecule has 0 radical (unpaired) electrons. The summed E-state index contributed by atoms with van der Waals surface area (Å²) in [6.07, 6.45) is 1.24. The molecule has 2 atom stereocenters. The molecule has 0 spiro atoms. The van der Waals surface area contributed by atoms with E-state index in [4.69, 9.17) is 0 Å². The zero-order valence-corrected chi connectivity index (χ0v) is 27.4. The first kappa shape index (κ1) is 30.1. The number of para-hydroxylation sites is 1. The number of benzene rings is 2. The molecule has 1 aliphatic heterocycles. The lowest BCUT2D eigenvalue weighted by atomic mass is 9.75. The average molecular weight is 521 g/mol. The molecule has 1 nitrogen and oxygen atoms in total. The molecule has 1 unspecified atom stereocenters. The molecular formula is C35H55NP+. The molecule has 204 valence electrons. The first-order valence-corrected chi connectivity index (χ1v) is 16.0. The maximum atomic E-state index is 2.69. The molecule has 0 saturated heterocycles. The van der Waals surface area contributed by atoms with Crippen LogP contribution in [0.5, 0.6) is 0 Å². The van der Waals surface area contributed by atoms with Gasteiger partial charge in [-0.1, -0.05) is 127 Å². The molecule has 37 heavy (non-hydrogen) atoms. The summed E-state index contributed by atoms with van der Waals surface area (Å²) in [5, 5.41) is 1.65. The predicted molar refractivity (Wildman–Crippen MR) is 169 cm³/mol. The highest BCUT2D eigenvalue weighted by Crippen LogP contribution is 2.49. The highest BCUT2D eigenvalue weighted by atomic mass is 31.1. The maximum Gasteiger partial charge on any atom is 0.212 e. The van der Waals surface area contributed by atoms with Crippen molar-refractivity contribution in [1.82, 2.24) is 0 Å². The van der Waals surface area contributed by atoms with Crippen molar-refractivity contribution in [1.29, 1.82) is 0 Å². The number of nitrogens with zero attached hydrogens (tertiary/aromatic N) is 1. The molecule has 0 aromatic heterocycles. The molecule has 0 bridgehead atoms. The molecule has 0 N–H and O–H groups in total. The zero-order valence-electron chi connectivity index (χ0n) is 26.5. The Balaban J connectivity index is 2.40. The summed E-state index contributed by atoms with van der Waals surface area (Å²) in [4.78, 5) is 0. The van der Waals surface area contributed by atoms with Gasteiger partial charge in [0.05, 0.1) is 0 Å². The van der Waals surface area contributed by atoms with Crippen LogP contribution in [0.1, 0.15) is 143 Å². The summed E-state index contributed by atoms with van der Waals surface area (Å²) >= 11 is 0. The van der Waals surface area contributed by atoms with Crippen LogP contribution in [0, 0.1) is 0 Å². The van der Waals surface area contributed by atoms with Gasteiger partial charge in [-0.3, -0.25) is 0 Å². The monoisotopic (exact) mass is 520 g/mol. The quantitative estimate of drug-likeness (QED) is 0.279. The van der Waals surface area contributed by atoms with Gasteiger partial charge in [0.1, 0.15) is 6.54 Å². The van der Waals surface area contributed by atoms with E-state index in [1.807, 2.05) is 0 Å². The molecule has 0 aliphatic carbocycles. The van der Waals surface area contributed by atoms with E-state index in [2.05, 4.69) is 138 Å². The molecule has 3 rings (SSSR count).